The summed E-state index contributed by atoms with van der Waals surface area (Å²) < 4.78 is 8.41. The third-order valence-corrected chi connectivity index (χ3v) is 7.92. The van der Waals surface area contributed by atoms with Crippen LogP contribution in [0.25, 0.3) is 28.3 Å². The van der Waals surface area contributed by atoms with Crippen molar-refractivity contribution in [2.45, 2.75) is 57.9 Å². The van der Waals surface area contributed by atoms with Crippen LogP contribution in [-0.2, 0) is 12.8 Å². The number of aromatic nitrogens is 6. The Labute approximate surface area is 236 Å². The third kappa shape index (κ3) is 5.18. The Morgan fingerprint density at radius 2 is 1.83 bits per heavy atom. The molecule has 41 heavy (non-hydrogen) atoms. The second kappa shape index (κ2) is 11.5. The van der Waals surface area contributed by atoms with Crippen molar-refractivity contribution < 1.29 is 9.63 Å². The SMILES string of the molecule is CCCc1c(Cc2ccc(-c3ccccc3-c3noc(=O)[nH]3)cc2)c(=O)n(C2CCC(=CCO)CC2)c2ncnn12. The molecule has 1 aliphatic carbocycles. The number of fused-ring (bicyclic) bond motifs is 1. The van der Waals surface area contributed by atoms with Crippen LogP contribution in [-0.4, -0.2) is 41.0 Å². The minimum absolute atomic E-state index is 0.00190. The van der Waals surface area contributed by atoms with Crippen LogP contribution >= 0.6 is 0 Å². The van der Waals surface area contributed by atoms with E-state index in [1.165, 1.54) is 11.9 Å². The number of nitrogens with one attached hydrogen (secondary N) is 1. The summed E-state index contributed by atoms with van der Waals surface area (Å²) in [5, 5.41) is 17.7. The van der Waals surface area contributed by atoms with E-state index in [0.29, 0.717) is 18.0 Å². The fourth-order valence-corrected chi connectivity index (χ4v) is 5.94. The van der Waals surface area contributed by atoms with Crippen molar-refractivity contribution in [2.24, 2.45) is 0 Å². The quantitative estimate of drug-likeness (QED) is 0.271. The van der Waals surface area contributed by atoms with Crippen LogP contribution in [0.15, 0.2) is 80.6 Å². The lowest BCUT2D eigenvalue weighted by atomic mass is 9.90. The number of H-pyrrole nitrogens is 1. The Kier molecular flexibility index (Phi) is 7.47. The number of aryl methyl sites for hydroxylation is 1. The number of hydrogen-bond acceptors (Lipinski definition) is 7. The molecule has 2 aromatic carbocycles. The van der Waals surface area contributed by atoms with E-state index >= 15 is 0 Å². The molecule has 0 aliphatic heterocycles. The Morgan fingerprint density at radius 3 is 2.51 bits per heavy atom. The van der Waals surface area contributed by atoms with Gasteiger partial charge in [0.15, 0.2) is 5.82 Å². The summed E-state index contributed by atoms with van der Waals surface area (Å²) in [6.07, 6.45) is 8.86. The molecule has 0 bridgehead atoms. The summed E-state index contributed by atoms with van der Waals surface area (Å²) in [7, 11) is 0. The van der Waals surface area contributed by atoms with E-state index in [1.54, 1.807) is 0 Å². The van der Waals surface area contributed by atoms with Crippen molar-refractivity contribution in [1.82, 2.24) is 29.3 Å². The fraction of sp³-hybridized carbons (Fsp3) is 0.323. The maximum Gasteiger partial charge on any atom is 0.439 e. The van der Waals surface area contributed by atoms with E-state index in [2.05, 4.69) is 27.1 Å². The predicted molar refractivity (Wildman–Crippen MR) is 155 cm³/mol. The molecule has 6 rings (SSSR count). The Balaban J connectivity index is 1.36. The van der Waals surface area contributed by atoms with E-state index < -0.39 is 5.76 Å². The summed E-state index contributed by atoms with van der Waals surface area (Å²) >= 11 is 0. The number of nitrogens with zero attached hydrogens (tertiary/aromatic N) is 5. The minimum Gasteiger partial charge on any atom is -0.392 e. The third-order valence-electron chi connectivity index (χ3n) is 7.92. The van der Waals surface area contributed by atoms with E-state index in [-0.39, 0.29) is 18.2 Å². The number of allylic oxidation sites excluding steroid dienone is 1. The van der Waals surface area contributed by atoms with Crippen molar-refractivity contribution in [1.29, 1.82) is 0 Å². The summed E-state index contributed by atoms with van der Waals surface area (Å²) in [5.74, 6) is 0.375. The van der Waals surface area contributed by atoms with Gasteiger partial charge >= 0.3 is 5.76 Å². The first kappa shape index (κ1) is 26.6. The van der Waals surface area contributed by atoms with Gasteiger partial charge in [0.05, 0.1) is 12.3 Å². The van der Waals surface area contributed by atoms with Crippen LogP contribution in [0.2, 0.25) is 0 Å². The monoisotopic (exact) mass is 552 g/mol. The van der Waals surface area contributed by atoms with Crippen molar-refractivity contribution in [3.05, 3.63) is 104 Å². The molecule has 0 atom stereocenters. The van der Waals surface area contributed by atoms with Gasteiger partial charge < -0.3 is 5.11 Å². The van der Waals surface area contributed by atoms with E-state index in [0.717, 1.165) is 72.0 Å². The number of benzene rings is 2. The van der Waals surface area contributed by atoms with Crippen LogP contribution in [0.1, 0.15) is 61.9 Å². The minimum atomic E-state index is -0.599. The molecule has 210 valence electrons. The smallest absolute Gasteiger partial charge is 0.392 e. The number of aromatic amines is 1. The second-order valence-electron chi connectivity index (χ2n) is 10.5. The number of aliphatic hydroxyl groups is 1. The van der Waals surface area contributed by atoms with Gasteiger partial charge in [-0.15, -0.1) is 0 Å². The molecular formula is C31H32N6O4. The lowest BCUT2D eigenvalue weighted by Gasteiger charge is -2.27. The Morgan fingerprint density at radius 1 is 1.07 bits per heavy atom. The van der Waals surface area contributed by atoms with Gasteiger partial charge in [0.25, 0.3) is 5.56 Å². The van der Waals surface area contributed by atoms with Gasteiger partial charge in [-0.05, 0) is 48.8 Å². The Bertz CT molecular complexity index is 1820. The molecule has 10 heteroatoms. The normalized spacial score (nSPS) is 15.5. The first-order valence-electron chi connectivity index (χ1n) is 14.1. The predicted octanol–water partition coefficient (Wildman–Crippen LogP) is 4.48. The van der Waals surface area contributed by atoms with Gasteiger partial charge in [-0.1, -0.05) is 78.7 Å². The first-order valence-corrected chi connectivity index (χ1v) is 14.1. The summed E-state index contributed by atoms with van der Waals surface area (Å²) in [4.78, 5) is 32.8. The standard InChI is InChI=1S/C31H32N6O4/c1-2-5-27-26(29(39)36(30-32-19-33-37(27)30)23-14-10-20(11-15-23)16-17-38)18-21-8-12-22(13-9-21)24-6-3-4-7-25(24)28-34-31(40)41-35-28/h3-4,6-9,12-13,16,19,23,38H,2,5,10-11,14-15,17-18H2,1H3,(H,34,35,40). The molecule has 1 aliphatic rings. The van der Waals surface area contributed by atoms with E-state index in [1.807, 2.05) is 63.7 Å². The molecule has 2 N–H and O–H groups in total. The molecular weight excluding hydrogens is 520 g/mol. The topological polar surface area (TPSA) is 131 Å². The van der Waals surface area contributed by atoms with Gasteiger partial charge in [0.1, 0.15) is 6.33 Å². The highest BCUT2D eigenvalue weighted by Crippen LogP contribution is 2.33. The van der Waals surface area contributed by atoms with E-state index in [9.17, 15) is 14.7 Å². The molecule has 1 saturated carbocycles. The van der Waals surface area contributed by atoms with Crippen molar-refractivity contribution in [3.63, 3.8) is 0 Å². The maximum atomic E-state index is 14.2. The molecule has 0 saturated heterocycles. The highest BCUT2D eigenvalue weighted by Gasteiger charge is 2.26. The van der Waals surface area contributed by atoms with Crippen LogP contribution in [0.5, 0.6) is 0 Å². The van der Waals surface area contributed by atoms with Gasteiger partial charge in [-0.25, -0.2) is 9.31 Å². The lowest BCUT2D eigenvalue weighted by Crippen LogP contribution is -2.33. The van der Waals surface area contributed by atoms with Crippen molar-refractivity contribution >= 4 is 5.78 Å². The van der Waals surface area contributed by atoms with Crippen molar-refractivity contribution in [3.8, 4) is 22.5 Å². The number of aliphatic hydroxyl groups excluding tert-OH is 1. The average Bonchev–Trinajstić information content (AvgIpc) is 3.66. The average molecular weight is 553 g/mol. The zero-order valence-corrected chi connectivity index (χ0v) is 22.9. The largest absolute Gasteiger partial charge is 0.439 e. The van der Waals surface area contributed by atoms with Gasteiger partial charge in [-0.3, -0.25) is 18.9 Å². The zero-order chi connectivity index (χ0) is 28.3. The molecule has 1 fully saturated rings. The summed E-state index contributed by atoms with van der Waals surface area (Å²) in [6, 6.07) is 15.8. The molecule has 3 heterocycles. The molecule has 10 nitrogen and oxygen atoms in total. The maximum absolute atomic E-state index is 14.2. The zero-order valence-electron chi connectivity index (χ0n) is 22.9. The molecule has 0 spiro atoms. The first-order chi connectivity index (χ1) is 20.1. The fourth-order valence-electron chi connectivity index (χ4n) is 5.94. The second-order valence-corrected chi connectivity index (χ2v) is 10.5. The molecule has 0 amide bonds. The number of rotatable bonds is 8. The Hall–Kier alpha value is -4.57. The highest BCUT2D eigenvalue weighted by atomic mass is 16.5. The van der Waals surface area contributed by atoms with Crippen LogP contribution in [0.3, 0.4) is 0 Å². The molecule has 5 aromatic rings. The van der Waals surface area contributed by atoms with Crippen LogP contribution in [0, 0.1) is 0 Å². The van der Waals surface area contributed by atoms with Gasteiger partial charge in [-0.2, -0.15) is 10.1 Å². The van der Waals surface area contributed by atoms with Crippen LogP contribution < -0.4 is 11.3 Å². The van der Waals surface area contributed by atoms with Gasteiger partial charge in [0, 0.05) is 23.6 Å². The van der Waals surface area contributed by atoms with Crippen LogP contribution in [0.4, 0.5) is 0 Å². The highest BCUT2D eigenvalue weighted by molar-refractivity contribution is 5.80. The molecule has 0 unspecified atom stereocenters. The lowest BCUT2D eigenvalue weighted by molar-refractivity contribution is 0.337. The molecule has 0 radical (unpaired) electrons. The van der Waals surface area contributed by atoms with Crippen molar-refractivity contribution in [2.75, 3.05) is 6.61 Å². The summed E-state index contributed by atoms with van der Waals surface area (Å²) in [6.45, 7) is 2.15. The number of hydrogen-bond donors (Lipinski definition) is 2. The summed E-state index contributed by atoms with van der Waals surface area (Å²) in [5.41, 5.74) is 6.54. The van der Waals surface area contributed by atoms with E-state index in [4.69, 9.17) is 4.52 Å². The molecule has 3 aromatic heterocycles. The van der Waals surface area contributed by atoms with Gasteiger partial charge in [0.2, 0.25) is 5.78 Å².